The van der Waals surface area contributed by atoms with E-state index in [0.717, 1.165) is 24.5 Å². The van der Waals surface area contributed by atoms with Crippen LogP contribution >= 0.6 is 0 Å². The number of anilines is 2. The van der Waals surface area contributed by atoms with Gasteiger partial charge in [-0.1, -0.05) is 26.8 Å². The van der Waals surface area contributed by atoms with Crippen LogP contribution in [-0.4, -0.2) is 28.0 Å². The molecule has 0 aliphatic carbocycles. The van der Waals surface area contributed by atoms with Crippen molar-refractivity contribution in [1.29, 1.82) is 0 Å². The molecule has 1 aliphatic heterocycles. The van der Waals surface area contributed by atoms with Gasteiger partial charge in [0.05, 0.1) is 5.69 Å². The molecule has 1 fully saturated rings. The van der Waals surface area contributed by atoms with Crippen LogP contribution in [0.4, 0.5) is 16.0 Å². The second kappa shape index (κ2) is 6.71. The summed E-state index contributed by atoms with van der Waals surface area (Å²) >= 11 is 0. The van der Waals surface area contributed by atoms with E-state index < -0.39 is 0 Å². The lowest BCUT2D eigenvalue weighted by Gasteiger charge is -2.21. The number of nitrogens with zero attached hydrogens (tertiary/aromatic N) is 4. The Bertz CT molecular complexity index is 705. The first-order valence-electron chi connectivity index (χ1n) is 8.40. The smallest absolute Gasteiger partial charge is 0.187 e. The van der Waals surface area contributed by atoms with Crippen LogP contribution in [-0.2, 0) is 12.0 Å². The third kappa shape index (κ3) is 3.47. The minimum absolute atomic E-state index is 0.242. The fraction of sp³-hybridized carbons (Fsp3) is 0.500. The van der Waals surface area contributed by atoms with Crippen LogP contribution in [0.15, 0.2) is 24.7 Å². The average molecular weight is 329 g/mol. The highest BCUT2D eigenvalue weighted by molar-refractivity contribution is 5.50. The molecule has 0 amide bonds. The van der Waals surface area contributed by atoms with Gasteiger partial charge in [-0.25, -0.2) is 19.3 Å². The highest BCUT2D eigenvalue weighted by atomic mass is 19.1. The molecule has 0 unspecified atom stereocenters. The second-order valence-electron chi connectivity index (χ2n) is 7.17. The molecule has 0 bridgehead atoms. The number of nitrogens with one attached hydrogen (secondary N) is 1. The van der Waals surface area contributed by atoms with Gasteiger partial charge in [-0.15, -0.1) is 0 Å². The Kier molecular flexibility index (Phi) is 4.64. The minimum atomic E-state index is -0.378. The molecule has 24 heavy (non-hydrogen) atoms. The fourth-order valence-corrected chi connectivity index (χ4v) is 2.98. The van der Waals surface area contributed by atoms with Gasteiger partial charge in [-0.05, 0) is 18.9 Å². The number of hydrogen-bond donors (Lipinski definition) is 1. The summed E-state index contributed by atoms with van der Waals surface area (Å²) in [4.78, 5) is 15.0. The minimum Gasteiger partial charge on any atom is -0.363 e. The summed E-state index contributed by atoms with van der Waals surface area (Å²) in [5.74, 6) is 0.843. The first kappa shape index (κ1) is 16.6. The largest absolute Gasteiger partial charge is 0.363 e. The molecule has 3 heterocycles. The zero-order chi connectivity index (χ0) is 17.2. The molecular formula is C18H24FN5. The van der Waals surface area contributed by atoms with Gasteiger partial charge in [0.2, 0.25) is 0 Å². The second-order valence-corrected chi connectivity index (χ2v) is 7.17. The molecule has 0 atom stereocenters. The fourth-order valence-electron chi connectivity index (χ4n) is 2.98. The Hall–Kier alpha value is -2.24. The predicted octanol–water partition coefficient (Wildman–Crippen LogP) is 3.52. The highest BCUT2D eigenvalue weighted by Gasteiger charge is 2.23. The van der Waals surface area contributed by atoms with E-state index in [4.69, 9.17) is 0 Å². The summed E-state index contributed by atoms with van der Waals surface area (Å²) in [5.41, 5.74) is 1.11. The number of pyridine rings is 1. The van der Waals surface area contributed by atoms with E-state index in [-0.39, 0.29) is 17.1 Å². The van der Waals surface area contributed by atoms with Gasteiger partial charge in [-0.3, -0.25) is 0 Å². The Balaban J connectivity index is 1.80. The first-order valence-corrected chi connectivity index (χ1v) is 8.40. The molecular weight excluding hydrogens is 305 g/mol. The van der Waals surface area contributed by atoms with Crippen molar-refractivity contribution in [2.75, 3.05) is 23.3 Å². The van der Waals surface area contributed by atoms with Crippen LogP contribution in [0.1, 0.15) is 44.9 Å². The Morgan fingerprint density at radius 2 is 1.92 bits per heavy atom. The number of aromatic nitrogens is 3. The number of rotatable bonds is 4. The summed E-state index contributed by atoms with van der Waals surface area (Å²) in [7, 11) is 0. The third-order valence-corrected chi connectivity index (χ3v) is 4.22. The number of hydrogen-bond acceptors (Lipinski definition) is 5. The van der Waals surface area contributed by atoms with Crippen LogP contribution in [0.5, 0.6) is 0 Å². The van der Waals surface area contributed by atoms with Crippen LogP contribution in [0.25, 0.3) is 0 Å². The van der Waals surface area contributed by atoms with Gasteiger partial charge < -0.3 is 10.2 Å². The summed E-state index contributed by atoms with van der Waals surface area (Å²) in [6.07, 6.45) is 5.61. The van der Waals surface area contributed by atoms with E-state index in [1.807, 2.05) is 32.9 Å². The lowest BCUT2D eigenvalue weighted by atomic mass is 9.91. The van der Waals surface area contributed by atoms with E-state index in [2.05, 4.69) is 25.2 Å². The molecule has 1 N–H and O–H groups in total. The zero-order valence-corrected chi connectivity index (χ0v) is 14.5. The van der Waals surface area contributed by atoms with E-state index >= 15 is 0 Å². The van der Waals surface area contributed by atoms with Crippen LogP contribution in [0.2, 0.25) is 0 Å². The summed E-state index contributed by atoms with van der Waals surface area (Å²) in [6.45, 7) is 8.36. The summed E-state index contributed by atoms with van der Waals surface area (Å²) in [6, 6.07) is 3.94. The van der Waals surface area contributed by atoms with E-state index in [1.54, 1.807) is 6.20 Å². The maximum atomic E-state index is 14.7. The Morgan fingerprint density at radius 1 is 1.17 bits per heavy atom. The van der Waals surface area contributed by atoms with Crippen molar-refractivity contribution in [2.45, 2.75) is 45.6 Å². The van der Waals surface area contributed by atoms with Gasteiger partial charge in [-0.2, -0.15) is 0 Å². The maximum absolute atomic E-state index is 14.7. The molecule has 0 saturated carbocycles. The molecule has 3 rings (SSSR count). The van der Waals surface area contributed by atoms with Gasteiger partial charge in [0.1, 0.15) is 12.1 Å². The maximum Gasteiger partial charge on any atom is 0.187 e. The quantitative estimate of drug-likeness (QED) is 0.930. The molecule has 0 spiro atoms. The standard InChI is InChI=1S/C18H24FN5/c1-18(2,3)15-14(19)16(23-12-22-15)21-11-13-7-6-8-20-17(13)24-9-4-5-10-24/h6-8,12H,4-5,9-11H2,1-3H3,(H,21,22,23). The molecule has 1 saturated heterocycles. The Labute approximate surface area is 142 Å². The van der Waals surface area contributed by atoms with Crippen LogP contribution in [0.3, 0.4) is 0 Å². The van der Waals surface area contributed by atoms with E-state index in [9.17, 15) is 4.39 Å². The van der Waals surface area contributed by atoms with Gasteiger partial charge >= 0.3 is 0 Å². The lowest BCUT2D eigenvalue weighted by molar-refractivity contribution is 0.500. The molecule has 0 radical (unpaired) electrons. The van der Waals surface area contributed by atoms with E-state index in [0.29, 0.717) is 12.2 Å². The van der Waals surface area contributed by atoms with Crippen molar-refractivity contribution in [2.24, 2.45) is 0 Å². The summed E-state index contributed by atoms with van der Waals surface area (Å²) < 4.78 is 14.7. The van der Waals surface area contributed by atoms with Crippen molar-refractivity contribution < 1.29 is 4.39 Å². The normalized spacial score (nSPS) is 14.9. The molecule has 128 valence electrons. The van der Waals surface area contributed by atoms with Crippen molar-refractivity contribution in [3.8, 4) is 0 Å². The van der Waals surface area contributed by atoms with Crippen molar-refractivity contribution in [3.05, 3.63) is 41.7 Å². The van der Waals surface area contributed by atoms with Gasteiger partial charge in [0, 0.05) is 36.8 Å². The topological polar surface area (TPSA) is 53.9 Å². The summed E-state index contributed by atoms with van der Waals surface area (Å²) in [5, 5.41) is 3.11. The lowest BCUT2D eigenvalue weighted by Crippen LogP contribution is -2.22. The number of halogens is 1. The molecule has 6 heteroatoms. The third-order valence-electron chi connectivity index (χ3n) is 4.22. The SMILES string of the molecule is CC(C)(C)c1ncnc(NCc2cccnc2N2CCCC2)c1F. The van der Waals surface area contributed by atoms with Crippen molar-refractivity contribution >= 4 is 11.6 Å². The van der Waals surface area contributed by atoms with Crippen LogP contribution in [0, 0.1) is 5.82 Å². The van der Waals surface area contributed by atoms with Crippen molar-refractivity contribution in [1.82, 2.24) is 15.0 Å². The molecule has 2 aromatic rings. The van der Waals surface area contributed by atoms with Gasteiger partial charge in [0.15, 0.2) is 11.6 Å². The highest BCUT2D eigenvalue weighted by Crippen LogP contribution is 2.27. The molecule has 0 aromatic carbocycles. The average Bonchev–Trinajstić information content (AvgIpc) is 3.07. The molecule has 5 nitrogen and oxygen atoms in total. The zero-order valence-electron chi connectivity index (χ0n) is 14.5. The van der Waals surface area contributed by atoms with Gasteiger partial charge in [0.25, 0.3) is 0 Å². The van der Waals surface area contributed by atoms with Crippen molar-refractivity contribution in [3.63, 3.8) is 0 Å². The Morgan fingerprint density at radius 3 is 2.62 bits per heavy atom. The molecule has 1 aliphatic rings. The first-order chi connectivity index (χ1) is 11.5. The molecule has 2 aromatic heterocycles. The predicted molar refractivity (Wildman–Crippen MR) is 93.7 cm³/mol. The van der Waals surface area contributed by atoms with Crippen LogP contribution < -0.4 is 10.2 Å². The monoisotopic (exact) mass is 329 g/mol. The van der Waals surface area contributed by atoms with E-state index in [1.165, 1.54) is 19.2 Å².